The molecule has 5 heteroatoms. The van der Waals surface area contributed by atoms with Gasteiger partial charge in [-0.25, -0.2) is 0 Å². The van der Waals surface area contributed by atoms with E-state index in [9.17, 15) is 4.79 Å². The zero-order valence-electron chi connectivity index (χ0n) is 14.2. The summed E-state index contributed by atoms with van der Waals surface area (Å²) < 4.78 is 6.14. The number of halogens is 1. The summed E-state index contributed by atoms with van der Waals surface area (Å²) in [6.07, 6.45) is 16.0. The molecule has 2 saturated heterocycles. The Kier molecular flexibility index (Phi) is 9.29. The molecule has 1 N–H and O–H groups in total. The van der Waals surface area contributed by atoms with Crippen LogP contribution in [0.3, 0.4) is 0 Å². The van der Waals surface area contributed by atoms with Crippen molar-refractivity contribution < 1.29 is 14.6 Å². The Balaban J connectivity index is 1.69. The van der Waals surface area contributed by atoms with Crippen molar-refractivity contribution in [2.24, 2.45) is 11.8 Å². The van der Waals surface area contributed by atoms with Crippen LogP contribution in [0, 0.1) is 11.8 Å². The number of carbonyl (C=O) groups is 1. The number of hydrogen-bond acceptors (Lipinski definition) is 3. The Hall–Kier alpha value is -0.450. The van der Waals surface area contributed by atoms with E-state index in [1.54, 1.807) is 0 Å². The van der Waals surface area contributed by atoms with E-state index in [4.69, 9.17) is 21.4 Å². The predicted molar refractivity (Wildman–Crippen MR) is 102 cm³/mol. The van der Waals surface area contributed by atoms with Crippen LogP contribution in [-0.2, 0) is 9.53 Å². The fraction of sp³-hybridized carbons (Fsp3) is 0.737. The Morgan fingerprint density at radius 1 is 1.12 bits per heavy atom. The third-order valence-corrected chi connectivity index (χ3v) is 6.16. The van der Waals surface area contributed by atoms with E-state index in [0.29, 0.717) is 29.9 Å². The SMILES string of the molecule is O=C(O)CCCC=CC[C@@H]1[C@@H](CSCC=CCCCl)[C@@H]2CC[C@H]1O2. The fourth-order valence-electron chi connectivity index (χ4n) is 3.69. The molecule has 0 radical (unpaired) electrons. The van der Waals surface area contributed by atoms with E-state index in [-0.39, 0.29) is 6.42 Å². The first-order valence-corrected chi connectivity index (χ1v) is 10.7. The molecule has 0 aromatic rings. The summed E-state index contributed by atoms with van der Waals surface area (Å²) in [5, 5.41) is 8.65. The Morgan fingerprint density at radius 3 is 2.62 bits per heavy atom. The minimum absolute atomic E-state index is 0.262. The highest BCUT2D eigenvalue weighted by Gasteiger charge is 2.47. The van der Waals surface area contributed by atoms with Crippen LogP contribution in [0.1, 0.15) is 44.9 Å². The van der Waals surface area contributed by atoms with Crippen molar-refractivity contribution in [1.82, 2.24) is 0 Å². The lowest BCUT2D eigenvalue weighted by Crippen LogP contribution is -2.28. The molecule has 0 aromatic carbocycles. The number of ether oxygens (including phenoxy) is 1. The monoisotopic (exact) mass is 372 g/mol. The van der Waals surface area contributed by atoms with Gasteiger partial charge in [0, 0.05) is 18.1 Å². The molecular weight excluding hydrogens is 344 g/mol. The van der Waals surface area contributed by atoms with Crippen molar-refractivity contribution in [3.8, 4) is 0 Å². The summed E-state index contributed by atoms with van der Waals surface area (Å²) in [5.41, 5.74) is 0. The van der Waals surface area contributed by atoms with Crippen LogP contribution in [0.5, 0.6) is 0 Å². The number of fused-ring (bicyclic) bond motifs is 2. The van der Waals surface area contributed by atoms with Crippen molar-refractivity contribution in [2.45, 2.75) is 57.2 Å². The molecule has 2 aliphatic heterocycles. The number of carboxylic acid groups (broad SMARTS) is 1. The van der Waals surface area contributed by atoms with E-state index < -0.39 is 5.97 Å². The van der Waals surface area contributed by atoms with Crippen LogP contribution < -0.4 is 0 Å². The average Bonchev–Trinajstić information content (AvgIpc) is 3.15. The van der Waals surface area contributed by atoms with Gasteiger partial charge in [-0.1, -0.05) is 24.3 Å². The van der Waals surface area contributed by atoms with Crippen LogP contribution in [0.15, 0.2) is 24.3 Å². The quantitative estimate of drug-likeness (QED) is 0.300. The maximum absolute atomic E-state index is 10.5. The second-order valence-electron chi connectivity index (χ2n) is 6.60. The van der Waals surface area contributed by atoms with Gasteiger partial charge in [0.15, 0.2) is 0 Å². The largest absolute Gasteiger partial charge is 0.481 e. The van der Waals surface area contributed by atoms with Gasteiger partial charge in [-0.2, -0.15) is 11.8 Å². The third kappa shape index (κ3) is 6.45. The van der Waals surface area contributed by atoms with Crippen molar-refractivity contribution in [2.75, 3.05) is 17.4 Å². The van der Waals surface area contributed by atoms with Crippen LogP contribution in [0.2, 0.25) is 0 Å². The van der Waals surface area contributed by atoms with Gasteiger partial charge >= 0.3 is 5.97 Å². The van der Waals surface area contributed by atoms with Gasteiger partial charge < -0.3 is 9.84 Å². The lowest BCUT2D eigenvalue weighted by Gasteiger charge is -2.26. The van der Waals surface area contributed by atoms with Gasteiger partial charge in [0.25, 0.3) is 0 Å². The van der Waals surface area contributed by atoms with E-state index in [1.807, 2.05) is 11.8 Å². The summed E-state index contributed by atoms with van der Waals surface area (Å²) in [6.45, 7) is 0. The first kappa shape index (κ1) is 19.9. The van der Waals surface area contributed by atoms with Crippen LogP contribution >= 0.6 is 23.4 Å². The molecule has 24 heavy (non-hydrogen) atoms. The molecule has 0 amide bonds. The number of alkyl halides is 1. The number of carboxylic acids is 1. The number of aliphatic carboxylic acids is 1. The van der Waals surface area contributed by atoms with Gasteiger partial charge in [0.2, 0.25) is 0 Å². The maximum atomic E-state index is 10.5. The molecule has 2 bridgehead atoms. The van der Waals surface area contributed by atoms with Crippen molar-refractivity contribution in [1.29, 1.82) is 0 Å². The minimum Gasteiger partial charge on any atom is -0.481 e. The number of thioether (sulfide) groups is 1. The zero-order chi connectivity index (χ0) is 17.2. The Labute approximate surface area is 154 Å². The first-order chi connectivity index (χ1) is 11.7. The van der Waals surface area contributed by atoms with E-state index in [2.05, 4.69) is 24.3 Å². The summed E-state index contributed by atoms with van der Waals surface area (Å²) >= 11 is 7.66. The number of hydrogen-bond donors (Lipinski definition) is 1. The lowest BCUT2D eigenvalue weighted by molar-refractivity contribution is -0.137. The van der Waals surface area contributed by atoms with Crippen molar-refractivity contribution in [3.05, 3.63) is 24.3 Å². The van der Waals surface area contributed by atoms with Crippen molar-refractivity contribution >= 4 is 29.3 Å². The number of unbranched alkanes of at least 4 members (excludes halogenated alkanes) is 1. The predicted octanol–water partition coefficient (Wildman–Crippen LogP) is 4.90. The number of allylic oxidation sites excluding steroid dienone is 3. The Bertz CT molecular complexity index is 438. The molecule has 2 fully saturated rings. The van der Waals surface area contributed by atoms with Gasteiger partial charge in [-0.3, -0.25) is 4.79 Å². The van der Waals surface area contributed by atoms with Crippen LogP contribution in [0.25, 0.3) is 0 Å². The van der Waals surface area contributed by atoms with Gasteiger partial charge in [-0.05, 0) is 56.1 Å². The third-order valence-electron chi connectivity index (χ3n) is 4.89. The molecule has 2 heterocycles. The fourth-order valence-corrected chi connectivity index (χ4v) is 4.96. The Morgan fingerprint density at radius 2 is 1.88 bits per heavy atom. The molecule has 136 valence electrons. The molecule has 0 aromatic heterocycles. The van der Waals surface area contributed by atoms with E-state index in [1.165, 1.54) is 18.6 Å². The summed E-state index contributed by atoms with van der Waals surface area (Å²) in [6, 6.07) is 0. The van der Waals surface area contributed by atoms with Crippen LogP contribution in [0.4, 0.5) is 0 Å². The topological polar surface area (TPSA) is 46.5 Å². The molecule has 4 atom stereocenters. The molecule has 0 aliphatic carbocycles. The van der Waals surface area contributed by atoms with E-state index >= 15 is 0 Å². The highest BCUT2D eigenvalue weighted by molar-refractivity contribution is 7.99. The first-order valence-electron chi connectivity index (χ1n) is 9.03. The summed E-state index contributed by atoms with van der Waals surface area (Å²) in [4.78, 5) is 10.5. The van der Waals surface area contributed by atoms with Gasteiger partial charge in [-0.15, -0.1) is 11.6 Å². The minimum atomic E-state index is -0.706. The molecule has 0 saturated carbocycles. The average molecular weight is 373 g/mol. The zero-order valence-corrected chi connectivity index (χ0v) is 15.8. The smallest absolute Gasteiger partial charge is 0.303 e. The second kappa shape index (κ2) is 11.2. The second-order valence-corrected chi connectivity index (χ2v) is 8.05. The van der Waals surface area contributed by atoms with Gasteiger partial charge in [0.1, 0.15) is 0 Å². The van der Waals surface area contributed by atoms with E-state index in [0.717, 1.165) is 31.4 Å². The molecule has 3 nitrogen and oxygen atoms in total. The van der Waals surface area contributed by atoms with Crippen LogP contribution in [-0.4, -0.2) is 40.7 Å². The molecular formula is C19H29ClO3S. The van der Waals surface area contributed by atoms with Crippen molar-refractivity contribution in [3.63, 3.8) is 0 Å². The molecule has 0 spiro atoms. The maximum Gasteiger partial charge on any atom is 0.303 e. The summed E-state index contributed by atoms with van der Waals surface area (Å²) in [5.74, 6) is 3.52. The summed E-state index contributed by atoms with van der Waals surface area (Å²) in [7, 11) is 0. The standard InChI is InChI=1S/C19H29ClO3S/c20-12-6-3-7-13-24-14-16-15(17-10-11-18(16)23-17)8-4-1-2-5-9-19(21)22/h1,3-4,7,15-18H,2,5-6,8-14H2,(H,21,22)/t15-,16-,17-,18+/m1/s1. The van der Waals surface area contributed by atoms with Gasteiger partial charge in [0.05, 0.1) is 12.2 Å². The lowest BCUT2D eigenvalue weighted by atomic mass is 9.78. The number of rotatable bonds is 12. The highest BCUT2D eigenvalue weighted by Crippen LogP contribution is 2.46. The normalized spacial score (nSPS) is 29.2. The molecule has 0 unspecified atom stereocenters. The molecule has 2 rings (SSSR count). The highest BCUT2D eigenvalue weighted by atomic mass is 35.5. The molecule has 2 aliphatic rings.